The largest absolute Gasteiger partial charge is 0.393 e. The highest BCUT2D eigenvalue weighted by Crippen LogP contribution is 2.33. The molecule has 0 saturated heterocycles. The summed E-state index contributed by atoms with van der Waals surface area (Å²) in [6.45, 7) is 2.68. The number of benzene rings is 1. The Labute approximate surface area is 116 Å². The maximum absolute atomic E-state index is 13.4. The number of rotatable bonds is 4. The lowest BCUT2D eigenvalue weighted by Gasteiger charge is -2.32. The Bertz CT molecular complexity index is 435. The summed E-state index contributed by atoms with van der Waals surface area (Å²) in [7, 11) is 0. The number of halogens is 3. The van der Waals surface area contributed by atoms with Gasteiger partial charge in [-0.25, -0.2) is 4.39 Å². The normalized spacial score (nSPS) is 24.7. The zero-order chi connectivity index (χ0) is 13.3. The van der Waals surface area contributed by atoms with Crippen LogP contribution in [-0.4, -0.2) is 17.8 Å². The lowest BCUT2D eigenvalue weighted by Crippen LogP contribution is -2.37. The Hall–Kier alpha value is -0.350. The monoisotopic (exact) mass is 291 g/mol. The van der Waals surface area contributed by atoms with Crippen molar-refractivity contribution in [3.8, 4) is 0 Å². The number of hydrogen-bond acceptors (Lipinski definition) is 2. The van der Waals surface area contributed by atoms with E-state index in [1.165, 1.54) is 12.1 Å². The first-order valence-electron chi connectivity index (χ1n) is 6.04. The van der Waals surface area contributed by atoms with Crippen molar-refractivity contribution >= 4 is 23.2 Å². The van der Waals surface area contributed by atoms with Crippen LogP contribution in [0.3, 0.4) is 0 Å². The van der Waals surface area contributed by atoms with Gasteiger partial charge in [0, 0.05) is 16.6 Å². The maximum Gasteiger partial charge on any atom is 0.142 e. The molecule has 1 atom stereocenters. The van der Waals surface area contributed by atoms with E-state index in [-0.39, 0.29) is 17.2 Å². The molecule has 1 aliphatic rings. The fourth-order valence-corrected chi connectivity index (χ4v) is 2.95. The molecule has 2 nitrogen and oxygen atoms in total. The van der Waals surface area contributed by atoms with Gasteiger partial charge in [-0.05, 0) is 44.4 Å². The molecule has 5 heteroatoms. The summed E-state index contributed by atoms with van der Waals surface area (Å²) >= 11 is 12.0. The van der Waals surface area contributed by atoms with E-state index in [1.54, 1.807) is 0 Å². The highest BCUT2D eigenvalue weighted by molar-refractivity contribution is 6.36. The molecule has 1 aromatic carbocycles. The highest BCUT2D eigenvalue weighted by Gasteiger charge is 2.27. The van der Waals surface area contributed by atoms with Crippen LogP contribution in [0.1, 0.15) is 31.4 Å². The van der Waals surface area contributed by atoms with Crippen molar-refractivity contribution in [1.82, 2.24) is 5.32 Å². The summed E-state index contributed by atoms with van der Waals surface area (Å²) in [4.78, 5) is 0. The third kappa shape index (κ3) is 2.97. The topological polar surface area (TPSA) is 32.3 Å². The van der Waals surface area contributed by atoms with Crippen LogP contribution < -0.4 is 5.32 Å². The summed E-state index contributed by atoms with van der Waals surface area (Å²) in [6.07, 6.45) is 1.49. The highest BCUT2D eigenvalue weighted by atomic mass is 35.5. The second kappa shape index (κ2) is 5.74. The average molecular weight is 292 g/mol. The second-order valence-corrected chi connectivity index (χ2v) is 5.66. The van der Waals surface area contributed by atoms with Gasteiger partial charge < -0.3 is 10.4 Å². The van der Waals surface area contributed by atoms with E-state index in [4.69, 9.17) is 23.2 Å². The minimum atomic E-state index is -0.455. The molecular weight excluding hydrogens is 276 g/mol. The molecule has 0 heterocycles. The molecule has 2 N–H and O–H groups in total. The fraction of sp³-hybridized carbons (Fsp3) is 0.538. The van der Waals surface area contributed by atoms with Gasteiger partial charge in [0.05, 0.1) is 11.1 Å². The zero-order valence-electron chi connectivity index (χ0n) is 10.1. The van der Waals surface area contributed by atoms with Crippen molar-refractivity contribution in [3.05, 3.63) is 33.6 Å². The Morgan fingerprint density at radius 3 is 2.72 bits per heavy atom. The van der Waals surface area contributed by atoms with E-state index in [0.29, 0.717) is 16.5 Å². The Kier molecular flexibility index (Phi) is 4.49. The lowest BCUT2D eigenvalue weighted by atomic mass is 9.82. The molecular formula is C13H16Cl2FNO. The van der Waals surface area contributed by atoms with Crippen molar-refractivity contribution in [2.75, 3.05) is 6.54 Å². The minimum Gasteiger partial charge on any atom is -0.393 e. The molecule has 0 amide bonds. The molecule has 0 spiro atoms. The van der Waals surface area contributed by atoms with Crippen LogP contribution in [-0.2, 0) is 0 Å². The molecule has 0 bridgehead atoms. The second-order valence-electron chi connectivity index (χ2n) is 4.88. The smallest absolute Gasteiger partial charge is 0.142 e. The van der Waals surface area contributed by atoms with E-state index in [1.807, 2.05) is 6.92 Å². The van der Waals surface area contributed by atoms with Gasteiger partial charge in [-0.1, -0.05) is 23.2 Å². The van der Waals surface area contributed by atoms with Gasteiger partial charge in [-0.15, -0.1) is 0 Å². The molecule has 1 unspecified atom stereocenters. The molecule has 1 saturated carbocycles. The third-order valence-electron chi connectivity index (χ3n) is 3.44. The van der Waals surface area contributed by atoms with Crippen molar-refractivity contribution < 1.29 is 9.50 Å². The molecule has 2 rings (SSSR count). The Morgan fingerprint density at radius 2 is 2.11 bits per heavy atom. The van der Waals surface area contributed by atoms with Crippen LogP contribution in [0.4, 0.5) is 4.39 Å². The average Bonchev–Trinajstić information content (AvgIpc) is 2.28. The van der Waals surface area contributed by atoms with E-state index in [2.05, 4.69) is 5.32 Å². The summed E-state index contributed by atoms with van der Waals surface area (Å²) < 4.78 is 13.4. The van der Waals surface area contributed by atoms with Gasteiger partial charge in [0.2, 0.25) is 0 Å². The summed E-state index contributed by atoms with van der Waals surface area (Å²) in [5, 5.41) is 13.0. The van der Waals surface area contributed by atoms with Crippen molar-refractivity contribution in [2.24, 2.45) is 5.92 Å². The van der Waals surface area contributed by atoms with Crippen LogP contribution >= 0.6 is 23.2 Å². The number of nitrogens with one attached hydrogen (secondary N) is 1. The van der Waals surface area contributed by atoms with Crippen LogP contribution in [0, 0.1) is 11.7 Å². The van der Waals surface area contributed by atoms with Crippen molar-refractivity contribution in [3.63, 3.8) is 0 Å². The van der Waals surface area contributed by atoms with Crippen molar-refractivity contribution in [2.45, 2.75) is 31.9 Å². The predicted octanol–water partition coefficient (Wildman–Crippen LogP) is 3.55. The minimum absolute atomic E-state index is 0.0798. The first kappa shape index (κ1) is 14.1. The van der Waals surface area contributed by atoms with Gasteiger partial charge in [0.15, 0.2) is 0 Å². The molecule has 0 aliphatic heterocycles. The van der Waals surface area contributed by atoms with Crippen LogP contribution in [0.2, 0.25) is 10.0 Å². The molecule has 18 heavy (non-hydrogen) atoms. The van der Waals surface area contributed by atoms with Gasteiger partial charge in [-0.3, -0.25) is 0 Å². The zero-order valence-corrected chi connectivity index (χ0v) is 11.6. The van der Waals surface area contributed by atoms with Crippen LogP contribution in [0.15, 0.2) is 12.1 Å². The Balaban J connectivity index is 2.00. The van der Waals surface area contributed by atoms with E-state index >= 15 is 0 Å². The van der Waals surface area contributed by atoms with Crippen LogP contribution in [0.5, 0.6) is 0 Å². The lowest BCUT2D eigenvalue weighted by molar-refractivity contribution is 0.0420. The maximum atomic E-state index is 13.4. The van der Waals surface area contributed by atoms with E-state index < -0.39 is 5.82 Å². The molecule has 0 aromatic heterocycles. The van der Waals surface area contributed by atoms with Gasteiger partial charge in [0.25, 0.3) is 0 Å². The van der Waals surface area contributed by atoms with Gasteiger partial charge in [0.1, 0.15) is 5.82 Å². The Morgan fingerprint density at radius 1 is 1.44 bits per heavy atom. The molecule has 100 valence electrons. The van der Waals surface area contributed by atoms with Crippen molar-refractivity contribution in [1.29, 1.82) is 0 Å². The quantitative estimate of drug-likeness (QED) is 0.832. The number of hydrogen-bond donors (Lipinski definition) is 2. The first-order valence-corrected chi connectivity index (χ1v) is 6.79. The van der Waals surface area contributed by atoms with E-state index in [0.717, 1.165) is 19.4 Å². The molecule has 0 radical (unpaired) electrons. The van der Waals surface area contributed by atoms with Crippen LogP contribution in [0.25, 0.3) is 0 Å². The number of aliphatic hydroxyl groups excluding tert-OH is 1. The predicted molar refractivity (Wildman–Crippen MR) is 71.6 cm³/mol. The molecule has 1 aromatic rings. The molecule has 1 aliphatic carbocycles. The summed E-state index contributed by atoms with van der Waals surface area (Å²) in [6, 6.07) is 2.67. The number of aliphatic hydroxyl groups is 1. The summed E-state index contributed by atoms with van der Waals surface area (Å²) in [5.74, 6) is 0.0253. The van der Waals surface area contributed by atoms with Gasteiger partial charge >= 0.3 is 0 Å². The molecule has 1 fully saturated rings. The SMILES string of the molecule is CC(NCC1CC(O)C1)c1c(Cl)ccc(F)c1Cl. The first-order chi connectivity index (χ1) is 8.49. The van der Waals surface area contributed by atoms with Gasteiger partial charge in [-0.2, -0.15) is 0 Å². The third-order valence-corrected chi connectivity index (χ3v) is 4.15. The fourth-order valence-electron chi connectivity index (χ4n) is 2.25. The standard InChI is InChI=1S/C13H16Cl2FNO/c1-7(17-6-8-4-9(18)5-8)12-10(14)2-3-11(16)13(12)15/h2-3,7-9,17-18H,4-6H2,1H3. The van der Waals surface area contributed by atoms with E-state index in [9.17, 15) is 9.50 Å². The summed E-state index contributed by atoms with van der Waals surface area (Å²) in [5.41, 5.74) is 0.596.